The van der Waals surface area contributed by atoms with E-state index in [0.717, 1.165) is 0 Å². The van der Waals surface area contributed by atoms with Crippen LogP contribution in [0.4, 0.5) is 5.69 Å². The van der Waals surface area contributed by atoms with E-state index in [-0.39, 0.29) is 11.8 Å². The third kappa shape index (κ3) is 1.76. The van der Waals surface area contributed by atoms with E-state index >= 15 is 0 Å². The molecule has 0 aliphatic heterocycles. The minimum Gasteiger partial charge on any atom is -0.261 e. The molecular formula is C7H8N3O2. The largest absolute Gasteiger partial charge is 0.275 e. The molecule has 63 valence electrons. The van der Waals surface area contributed by atoms with Crippen molar-refractivity contribution >= 4 is 5.69 Å². The van der Waals surface area contributed by atoms with E-state index in [1.54, 1.807) is 13.8 Å². The maximum atomic E-state index is 10.4. The Morgan fingerprint density at radius 2 is 2.08 bits per heavy atom. The predicted molar refractivity (Wildman–Crippen MR) is 42.5 cm³/mol. The summed E-state index contributed by atoms with van der Waals surface area (Å²) in [6.45, 7) is 3.45. The average molecular weight is 166 g/mol. The van der Waals surface area contributed by atoms with Crippen molar-refractivity contribution in [2.75, 3.05) is 0 Å². The molecule has 0 saturated heterocycles. The molecule has 1 aromatic rings. The number of aryl methyl sites for hydroxylation is 1. The molecule has 1 heterocycles. The number of nitro groups is 1. The lowest BCUT2D eigenvalue weighted by Gasteiger charge is -1.97. The maximum Gasteiger partial charge on any atom is 0.275 e. The first-order chi connectivity index (χ1) is 5.13. The summed E-state index contributed by atoms with van der Waals surface area (Å²) in [5.41, 5.74) is 1.48. The number of pyridine rings is 1. The Balaban J connectivity index is 0.00000121. The van der Waals surface area contributed by atoms with E-state index < -0.39 is 4.92 Å². The van der Waals surface area contributed by atoms with Crippen molar-refractivity contribution < 1.29 is 4.92 Å². The van der Waals surface area contributed by atoms with Crippen molar-refractivity contribution in [3.05, 3.63) is 33.6 Å². The van der Waals surface area contributed by atoms with Gasteiger partial charge in [0.1, 0.15) is 0 Å². The second-order valence-electron chi connectivity index (χ2n) is 2.30. The monoisotopic (exact) mass is 166 g/mol. The molecule has 0 bridgehead atoms. The van der Waals surface area contributed by atoms with Gasteiger partial charge in [0.25, 0.3) is 5.69 Å². The third-order valence-corrected chi connectivity index (χ3v) is 1.62. The van der Waals surface area contributed by atoms with E-state index in [1.165, 1.54) is 12.3 Å². The smallest absolute Gasteiger partial charge is 0.261 e. The molecule has 0 spiro atoms. The van der Waals surface area contributed by atoms with Crippen LogP contribution in [-0.2, 0) is 0 Å². The molecule has 0 aliphatic carbocycles. The Labute approximate surface area is 70.2 Å². The summed E-state index contributed by atoms with van der Waals surface area (Å²) in [4.78, 5) is 13.9. The summed E-state index contributed by atoms with van der Waals surface area (Å²) in [5.74, 6) is 0. The van der Waals surface area contributed by atoms with Gasteiger partial charge in [0.2, 0.25) is 0 Å². The van der Waals surface area contributed by atoms with E-state index in [2.05, 4.69) is 4.98 Å². The van der Waals surface area contributed by atoms with Crippen molar-refractivity contribution in [3.8, 4) is 0 Å². The van der Waals surface area contributed by atoms with Crippen molar-refractivity contribution in [1.82, 2.24) is 11.1 Å². The summed E-state index contributed by atoms with van der Waals surface area (Å²) >= 11 is 0. The lowest BCUT2D eigenvalue weighted by molar-refractivity contribution is -0.385. The van der Waals surface area contributed by atoms with Crippen LogP contribution in [0.1, 0.15) is 11.3 Å². The van der Waals surface area contributed by atoms with Crippen molar-refractivity contribution in [3.63, 3.8) is 0 Å². The van der Waals surface area contributed by atoms with Gasteiger partial charge >= 0.3 is 0 Å². The first-order valence-electron chi connectivity index (χ1n) is 3.19. The van der Waals surface area contributed by atoms with Crippen LogP contribution in [0, 0.1) is 24.0 Å². The Morgan fingerprint density at radius 1 is 1.50 bits per heavy atom. The highest BCUT2D eigenvalue weighted by Gasteiger charge is 2.10. The summed E-state index contributed by atoms with van der Waals surface area (Å²) in [6.07, 6.45) is 1.44. The van der Waals surface area contributed by atoms with Crippen LogP contribution in [0.15, 0.2) is 12.3 Å². The summed E-state index contributed by atoms with van der Waals surface area (Å²) in [7, 11) is 0. The number of hydrogen-bond acceptors (Lipinski definition) is 3. The van der Waals surface area contributed by atoms with E-state index in [1.807, 2.05) is 0 Å². The molecule has 0 atom stereocenters. The highest BCUT2D eigenvalue weighted by atomic mass is 16.6. The lowest BCUT2D eigenvalue weighted by atomic mass is 10.2. The van der Waals surface area contributed by atoms with E-state index in [4.69, 9.17) is 0 Å². The van der Waals surface area contributed by atoms with Gasteiger partial charge < -0.3 is 0 Å². The van der Waals surface area contributed by atoms with Crippen LogP contribution >= 0.6 is 0 Å². The van der Waals surface area contributed by atoms with Crippen LogP contribution in [-0.4, -0.2) is 9.91 Å². The molecule has 0 amide bonds. The Morgan fingerprint density at radius 3 is 2.50 bits per heavy atom. The van der Waals surface area contributed by atoms with Gasteiger partial charge in [-0.3, -0.25) is 15.1 Å². The molecule has 5 nitrogen and oxygen atoms in total. The minimum absolute atomic E-state index is 0. The van der Waals surface area contributed by atoms with Gasteiger partial charge in [0.05, 0.1) is 4.92 Å². The first-order valence-corrected chi connectivity index (χ1v) is 3.19. The lowest BCUT2D eigenvalue weighted by Crippen LogP contribution is -1.94. The fourth-order valence-electron chi connectivity index (χ4n) is 0.825. The van der Waals surface area contributed by atoms with Crippen LogP contribution in [0.2, 0.25) is 0 Å². The maximum absolute atomic E-state index is 10.4. The molecule has 1 rings (SSSR count). The average Bonchev–Trinajstić information content (AvgIpc) is 1.94. The first kappa shape index (κ1) is 10.5. The van der Waals surface area contributed by atoms with Crippen LogP contribution < -0.4 is 6.15 Å². The van der Waals surface area contributed by atoms with Gasteiger partial charge in [0, 0.05) is 29.7 Å². The number of hydrogen-bond donors (Lipinski definition) is 0. The van der Waals surface area contributed by atoms with E-state index in [9.17, 15) is 10.1 Å². The zero-order chi connectivity index (χ0) is 8.43. The zero-order valence-corrected chi connectivity index (χ0v) is 6.81. The van der Waals surface area contributed by atoms with Crippen molar-refractivity contribution in [1.29, 1.82) is 0 Å². The zero-order valence-electron chi connectivity index (χ0n) is 6.81. The summed E-state index contributed by atoms with van der Waals surface area (Å²) < 4.78 is 0. The molecule has 12 heavy (non-hydrogen) atoms. The standard InChI is InChI=1S/C7H8N2O2.N/c1-5-6(2)8-4-3-7(5)9(10)11;/h3-4H,1-2H3;. The SMILES string of the molecule is Cc1nccc([N+](=O)[O-])c1C.[N]. The van der Waals surface area contributed by atoms with Gasteiger partial charge in [-0.2, -0.15) is 0 Å². The molecular weight excluding hydrogens is 158 g/mol. The predicted octanol–water partition coefficient (Wildman–Crippen LogP) is 1.13. The molecule has 1 aromatic heterocycles. The molecule has 3 radical (unpaired) electrons. The molecule has 0 unspecified atom stereocenters. The molecule has 5 heteroatoms. The van der Waals surface area contributed by atoms with Crippen LogP contribution in [0.5, 0.6) is 0 Å². The third-order valence-electron chi connectivity index (χ3n) is 1.62. The Hall–Kier alpha value is -1.49. The molecule has 0 aromatic carbocycles. The fraction of sp³-hybridized carbons (Fsp3) is 0.286. The quantitative estimate of drug-likeness (QED) is 0.462. The van der Waals surface area contributed by atoms with Gasteiger partial charge in [0.15, 0.2) is 0 Å². The second-order valence-corrected chi connectivity index (χ2v) is 2.30. The number of aromatic nitrogens is 1. The van der Waals surface area contributed by atoms with Gasteiger partial charge in [-0.25, -0.2) is 0 Å². The summed E-state index contributed by atoms with van der Waals surface area (Å²) in [6, 6.07) is 1.41. The van der Waals surface area contributed by atoms with Crippen LogP contribution in [0.25, 0.3) is 0 Å². The molecule has 0 aliphatic rings. The molecule has 0 saturated carbocycles. The minimum atomic E-state index is -0.399. The van der Waals surface area contributed by atoms with Crippen molar-refractivity contribution in [2.45, 2.75) is 13.8 Å². The van der Waals surface area contributed by atoms with Gasteiger partial charge in [-0.05, 0) is 13.8 Å². The second kappa shape index (κ2) is 3.77. The highest BCUT2D eigenvalue weighted by Crippen LogP contribution is 2.17. The Bertz CT molecular complexity index is 299. The topological polar surface area (TPSA) is 86.5 Å². The molecule has 0 N–H and O–H groups in total. The van der Waals surface area contributed by atoms with Gasteiger partial charge in [-0.15, -0.1) is 0 Å². The highest BCUT2D eigenvalue weighted by molar-refractivity contribution is 5.39. The molecule has 0 fully saturated rings. The van der Waals surface area contributed by atoms with E-state index in [0.29, 0.717) is 11.3 Å². The van der Waals surface area contributed by atoms with Crippen LogP contribution in [0.3, 0.4) is 0 Å². The normalized spacial score (nSPS) is 8.83. The number of nitrogens with zero attached hydrogens (tertiary/aromatic N) is 3. The number of rotatable bonds is 1. The summed E-state index contributed by atoms with van der Waals surface area (Å²) in [5, 5.41) is 10.4. The van der Waals surface area contributed by atoms with Crippen molar-refractivity contribution in [2.24, 2.45) is 0 Å². The Kier molecular flexibility index (Phi) is 3.30. The fourth-order valence-corrected chi connectivity index (χ4v) is 0.825. The van der Waals surface area contributed by atoms with Gasteiger partial charge in [-0.1, -0.05) is 0 Å².